The highest BCUT2D eigenvalue weighted by atomic mass is 16.5. The van der Waals surface area contributed by atoms with Gasteiger partial charge < -0.3 is 30.3 Å². The number of carbonyl (C=O) groups excluding carboxylic acids is 1. The Bertz CT molecular complexity index is 1480. The van der Waals surface area contributed by atoms with Gasteiger partial charge in [0.15, 0.2) is 0 Å². The molecule has 1 amide bonds. The number of hydrogen-bond donors (Lipinski definition) is 4. The molecule has 2 aromatic heterocycles. The van der Waals surface area contributed by atoms with Crippen molar-refractivity contribution < 1.29 is 24.5 Å². The average Bonchev–Trinajstić information content (AvgIpc) is 3.43. The maximum Gasteiger partial charge on any atom is 0.245 e. The normalized spacial score (nSPS) is 15.0. The van der Waals surface area contributed by atoms with E-state index < -0.39 is 6.10 Å². The number of likely N-dealkylation sites (tertiary alicyclic amines) is 1. The summed E-state index contributed by atoms with van der Waals surface area (Å²) >= 11 is 0. The number of benzene rings is 2. The molecule has 4 aromatic rings. The second kappa shape index (κ2) is 13.0. The molecule has 0 radical (unpaired) electrons. The summed E-state index contributed by atoms with van der Waals surface area (Å²) in [4.78, 5) is 18.8. The van der Waals surface area contributed by atoms with Crippen LogP contribution in [0.1, 0.15) is 24.3 Å². The number of amides is 1. The molecule has 2 aromatic carbocycles. The van der Waals surface area contributed by atoms with Gasteiger partial charge in [0.25, 0.3) is 0 Å². The van der Waals surface area contributed by atoms with Gasteiger partial charge in [-0.1, -0.05) is 18.2 Å². The Morgan fingerprint density at radius 1 is 1.07 bits per heavy atom. The summed E-state index contributed by atoms with van der Waals surface area (Å²) in [6, 6.07) is 18.0. The maximum atomic E-state index is 12.1. The molecule has 1 fully saturated rings. The number of nitrogens with one attached hydrogen (secondary N) is 2. The number of piperidine rings is 1. The van der Waals surface area contributed by atoms with Crippen LogP contribution in [0.5, 0.6) is 11.5 Å². The standard InChI is InChI=1S/C30H36N6O5/c1-40-27-6-4-3-5-24(27)26-10-8-22-16-32-30(34-36(22)26)33-25-9-7-21(15-28(25)41-2)20-11-13-35(14-12-20)18-29(39)31-17-23(38)19-37/h3-10,15-16,20,23,37-38H,11-14,17-19H2,1-2H3,(H,31,39)(H,33,34). The molecule has 11 nitrogen and oxygen atoms in total. The van der Waals surface area contributed by atoms with Crippen molar-refractivity contribution in [3.05, 3.63) is 66.4 Å². The van der Waals surface area contributed by atoms with E-state index in [0.717, 1.165) is 54.1 Å². The van der Waals surface area contributed by atoms with Crippen LogP contribution in [0.4, 0.5) is 11.6 Å². The zero-order valence-electron chi connectivity index (χ0n) is 23.3. The van der Waals surface area contributed by atoms with Crippen LogP contribution in [-0.2, 0) is 4.79 Å². The molecule has 1 atom stereocenters. The second-order valence-electron chi connectivity index (χ2n) is 10.1. The van der Waals surface area contributed by atoms with Gasteiger partial charge in [0.2, 0.25) is 11.9 Å². The Hall–Kier alpha value is -4.19. The molecular formula is C30H36N6O5. The number of anilines is 2. The number of aliphatic hydroxyl groups excluding tert-OH is 2. The van der Waals surface area contributed by atoms with E-state index in [1.54, 1.807) is 20.4 Å². The van der Waals surface area contributed by atoms with E-state index in [-0.39, 0.29) is 25.6 Å². The van der Waals surface area contributed by atoms with Crippen molar-refractivity contribution in [1.29, 1.82) is 0 Å². The summed E-state index contributed by atoms with van der Waals surface area (Å²) in [5.74, 6) is 2.11. The number of nitrogens with zero attached hydrogens (tertiary/aromatic N) is 4. The average molecular weight is 561 g/mol. The quantitative estimate of drug-likeness (QED) is 0.219. The van der Waals surface area contributed by atoms with Crippen molar-refractivity contribution in [2.24, 2.45) is 0 Å². The molecule has 0 bridgehead atoms. The summed E-state index contributed by atoms with van der Waals surface area (Å²) in [5.41, 5.74) is 4.65. The first kappa shape index (κ1) is 28.3. The Morgan fingerprint density at radius 2 is 1.85 bits per heavy atom. The molecule has 0 saturated carbocycles. The lowest BCUT2D eigenvalue weighted by Crippen LogP contribution is -2.43. The van der Waals surface area contributed by atoms with E-state index in [4.69, 9.17) is 19.7 Å². The fourth-order valence-corrected chi connectivity index (χ4v) is 5.18. The Labute approximate surface area is 238 Å². The molecule has 0 aliphatic carbocycles. The number of fused-ring (bicyclic) bond motifs is 1. The Kier molecular flexibility index (Phi) is 8.98. The SMILES string of the molecule is COc1cc(C2CCN(CC(=O)NCC(O)CO)CC2)ccc1Nc1ncc2ccc(-c3ccccc3OC)n2n1. The lowest BCUT2D eigenvalue weighted by atomic mass is 9.89. The van der Waals surface area contributed by atoms with E-state index in [2.05, 4.69) is 32.7 Å². The van der Waals surface area contributed by atoms with Gasteiger partial charge in [-0.2, -0.15) is 0 Å². The monoisotopic (exact) mass is 560 g/mol. The predicted octanol–water partition coefficient (Wildman–Crippen LogP) is 2.81. The summed E-state index contributed by atoms with van der Waals surface area (Å²) in [6.07, 6.45) is 2.68. The smallest absolute Gasteiger partial charge is 0.245 e. The maximum absolute atomic E-state index is 12.1. The third kappa shape index (κ3) is 6.59. The van der Waals surface area contributed by atoms with Crippen LogP contribution in [0.15, 0.2) is 60.8 Å². The van der Waals surface area contributed by atoms with Gasteiger partial charge in [0.05, 0.1) is 56.6 Å². The number of carbonyl (C=O) groups is 1. The van der Waals surface area contributed by atoms with Crippen molar-refractivity contribution in [1.82, 2.24) is 24.8 Å². The van der Waals surface area contributed by atoms with Crippen LogP contribution in [0.2, 0.25) is 0 Å². The van der Waals surface area contributed by atoms with Gasteiger partial charge in [-0.3, -0.25) is 9.69 Å². The molecule has 11 heteroatoms. The van der Waals surface area contributed by atoms with Crippen molar-refractivity contribution in [2.45, 2.75) is 24.9 Å². The summed E-state index contributed by atoms with van der Waals surface area (Å²) in [5, 5.41) is 29.0. The minimum absolute atomic E-state index is 0.0548. The summed E-state index contributed by atoms with van der Waals surface area (Å²) in [7, 11) is 3.30. The number of para-hydroxylation sites is 1. The van der Waals surface area contributed by atoms with Crippen LogP contribution in [0.3, 0.4) is 0 Å². The lowest BCUT2D eigenvalue weighted by Gasteiger charge is -2.32. The van der Waals surface area contributed by atoms with Gasteiger partial charge in [0.1, 0.15) is 11.5 Å². The highest BCUT2D eigenvalue weighted by molar-refractivity contribution is 5.78. The molecule has 1 aliphatic heterocycles. The highest BCUT2D eigenvalue weighted by Gasteiger charge is 2.23. The zero-order chi connectivity index (χ0) is 28.8. The number of ether oxygens (including phenoxy) is 2. The first-order valence-electron chi connectivity index (χ1n) is 13.7. The van der Waals surface area contributed by atoms with E-state index >= 15 is 0 Å². The zero-order valence-corrected chi connectivity index (χ0v) is 23.3. The van der Waals surface area contributed by atoms with Gasteiger partial charge in [-0.25, -0.2) is 9.50 Å². The fourth-order valence-electron chi connectivity index (χ4n) is 5.18. The number of aliphatic hydroxyl groups is 2. The minimum Gasteiger partial charge on any atom is -0.496 e. The van der Waals surface area contributed by atoms with Gasteiger partial charge in [0, 0.05) is 12.1 Å². The highest BCUT2D eigenvalue weighted by Crippen LogP contribution is 2.35. The molecule has 5 rings (SSSR count). The summed E-state index contributed by atoms with van der Waals surface area (Å²) in [6.45, 7) is 1.55. The Balaban J connectivity index is 1.25. The van der Waals surface area contributed by atoms with Crippen LogP contribution >= 0.6 is 0 Å². The van der Waals surface area contributed by atoms with E-state index in [9.17, 15) is 9.90 Å². The van der Waals surface area contributed by atoms with Crippen molar-refractivity contribution in [3.63, 3.8) is 0 Å². The number of rotatable bonds is 11. The lowest BCUT2D eigenvalue weighted by molar-refractivity contribution is -0.123. The number of methoxy groups -OCH3 is 2. The van der Waals surface area contributed by atoms with Crippen molar-refractivity contribution >= 4 is 23.1 Å². The minimum atomic E-state index is -0.934. The predicted molar refractivity (Wildman–Crippen MR) is 156 cm³/mol. The molecule has 1 unspecified atom stereocenters. The van der Waals surface area contributed by atoms with Crippen LogP contribution in [0, 0.1) is 0 Å². The second-order valence-corrected chi connectivity index (χ2v) is 10.1. The molecule has 1 aliphatic rings. The third-order valence-corrected chi connectivity index (χ3v) is 7.43. The molecule has 4 N–H and O–H groups in total. The van der Waals surface area contributed by atoms with Gasteiger partial charge in [-0.15, -0.1) is 5.10 Å². The summed E-state index contributed by atoms with van der Waals surface area (Å²) < 4.78 is 13.1. The molecule has 0 spiro atoms. The number of hydrogen-bond acceptors (Lipinski definition) is 9. The van der Waals surface area contributed by atoms with Crippen molar-refractivity contribution in [2.75, 3.05) is 52.3 Å². The molecule has 1 saturated heterocycles. The van der Waals surface area contributed by atoms with Gasteiger partial charge in [-0.05, 0) is 73.8 Å². The van der Waals surface area contributed by atoms with Crippen LogP contribution < -0.4 is 20.1 Å². The molecular weight excluding hydrogens is 524 g/mol. The number of aromatic nitrogens is 3. The van der Waals surface area contributed by atoms with E-state index in [1.165, 1.54) is 5.56 Å². The van der Waals surface area contributed by atoms with Crippen LogP contribution in [-0.4, -0.2) is 88.7 Å². The Morgan fingerprint density at radius 3 is 2.61 bits per heavy atom. The van der Waals surface area contributed by atoms with E-state index in [1.807, 2.05) is 47.0 Å². The van der Waals surface area contributed by atoms with Crippen molar-refractivity contribution in [3.8, 4) is 22.8 Å². The first-order chi connectivity index (χ1) is 20.0. The first-order valence-corrected chi connectivity index (χ1v) is 13.7. The third-order valence-electron chi connectivity index (χ3n) is 7.43. The molecule has 41 heavy (non-hydrogen) atoms. The molecule has 216 valence electrons. The van der Waals surface area contributed by atoms with Gasteiger partial charge >= 0.3 is 0 Å². The largest absolute Gasteiger partial charge is 0.496 e. The van der Waals surface area contributed by atoms with E-state index in [0.29, 0.717) is 17.6 Å². The fraction of sp³-hybridized carbons (Fsp3) is 0.367. The molecule has 3 heterocycles. The van der Waals surface area contributed by atoms with Crippen LogP contribution in [0.25, 0.3) is 16.8 Å². The topological polar surface area (TPSA) is 133 Å².